The average Bonchev–Trinajstić information content (AvgIpc) is 3.15. The van der Waals surface area contributed by atoms with Crippen molar-refractivity contribution in [3.8, 4) is 11.1 Å². The lowest BCUT2D eigenvalue weighted by molar-refractivity contribution is -0.140. The van der Waals surface area contributed by atoms with Crippen LogP contribution in [0.1, 0.15) is 56.6 Å². The summed E-state index contributed by atoms with van der Waals surface area (Å²) in [7, 11) is 0. The number of hydrogen-bond donors (Lipinski definition) is 3. The van der Waals surface area contributed by atoms with Gasteiger partial charge in [0.05, 0.1) is 12.5 Å². The van der Waals surface area contributed by atoms with Crippen LogP contribution in [0.25, 0.3) is 11.1 Å². The van der Waals surface area contributed by atoms with E-state index in [1.165, 1.54) is 11.1 Å². The maximum Gasteiger partial charge on any atom is 0.407 e. The number of amides is 2. The van der Waals surface area contributed by atoms with E-state index in [9.17, 15) is 14.4 Å². The summed E-state index contributed by atoms with van der Waals surface area (Å²) in [6, 6.07) is 16.2. The smallest absolute Gasteiger partial charge is 0.407 e. The topological polar surface area (TPSA) is 114 Å². The molecule has 2 aromatic carbocycles. The Morgan fingerprint density at radius 2 is 1.66 bits per heavy atom. The Labute approximate surface area is 206 Å². The molecule has 188 valence electrons. The monoisotopic (exact) mass is 482 g/mol. The van der Waals surface area contributed by atoms with E-state index in [1.807, 2.05) is 31.2 Å². The standard InChI is InChI=1S/C27H34N2O6/c1-3-34-19(15-26(31)32)16-28-25(30)14-8-9-18(2)29-27(33)35-17-24-22-12-6-4-10-20(22)21-11-5-7-13-23(21)24/h4-7,10-13,18-19,24H,3,8-9,14-17H2,1-2H3,(H,28,30)(H,29,33)(H,31,32). The fourth-order valence-electron chi connectivity index (χ4n) is 4.42. The minimum absolute atomic E-state index is 0.00814. The summed E-state index contributed by atoms with van der Waals surface area (Å²) >= 11 is 0. The number of carboxylic acids is 1. The molecule has 2 amide bonds. The summed E-state index contributed by atoms with van der Waals surface area (Å²) in [4.78, 5) is 35.3. The highest BCUT2D eigenvalue weighted by Gasteiger charge is 2.29. The van der Waals surface area contributed by atoms with Gasteiger partial charge in [-0.3, -0.25) is 9.59 Å². The molecule has 2 atom stereocenters. The molecular weight excluding hydrogens is 448 g/mol. The molecule has 8 heteroatoms. The lowest BCUT2D eigenvalue weighted by Crippen LogP contribution is -2.36. The Bertz CT molecular complexity index is 979. The van der Waals surface area contributed by atoms with Gasteiger partial charge in [-0.25, -0.2) is 4.79 Å². The molecule has 0 fully saturated rings. The van der Waals surface area contributed by atoms with Crippen molar-refractivity contribution in [2.45, 2.75) is 57.6 Å². The number of nitrogens with one attached hydrogen (secondary N) is 2. The Morgan fingerprint density at radius 1 is 1.03 bits per heavy atom. The molecule has 0 bridgehead atoms. The zero-order chi connectivity index (χ0) is 25.2. The van der Waals surface area contributed by atoms with Crippen LogP contribution in [-0.2, 0) is 19.1 Å². The maximum atomic E-state index is 12.4. The van der Waals surface area contributed by atoms with Gasteiger partial charge in [-0.2, -0.15) is 0 Å². The molecule has 3 N–H and O–H groups in total. The molecule has 8 nitrogen and oxygen atoms in total. The van der Waals surface area contributed by atoms with E-state index in [1.54, 1.807) is 6.92 Å². The molecule has 35 heavy (non-hydrogen) atoms. The number of alkyl carbamates (subject to hydrolysis) is 1. The van der Waals surface area contributed by atoms with E-state index in [0.29, 0.717) is 19.4 Å². The van der Waals surface area contributed by atoms with Crippen molar-refractivity contribution in [2.75, 3.05) is 19.8 Å². The second kappa shape index (κ2) is 12.9. The summed E-state index contributed by atoms with van der Waals surface area (Å²) in [5.74, 6) is -1.13. The number of ether oxygens (including phenoxy) is 2. The molecule has 2 aromatic rings. The number of carbonyl (C=O) groups is 3. The van der Waals surface area contributed by atoms with Gasteiger partial charge in [0.2, 0.25) is 5.91 Å². The first-order valence-electron chi connectivity index (χ1n) is 12.1. The average molecular weight is 483 g/mol. The van der Waals surface area contributed by atoms with Crippen LogP contribution < -0.4 is 10.6 Å². The summed E-state index contributed by atoms with van der Waals surface area (Å²) in [6.45, 7) is 4.45. The van der Waals surface area contributed by atoms with Gasteiger partial charge in [-0.1, -0.05) is 48.5 Å². The van der Waals surface area contributed by atoms with Crippen LogP contribution in [0, 0.1) is 0 Å². The first-order chi connectivity index (χ1) is 16.9. The molecule has 0 heterocycles. The van der Waals surface area contributed by atoms with Crippen molar-refractivity contribution in [1.82, 2.24) is 10.6 Å². The fraction of sp³-hybridized carbons (Fsp3) is 0.444. The Balaban J connectivity index is 1.37. The van der Waals surface area contributed by atoms with Crippen molar-refractivity contribution in [2.24, 2.45) is 0 Å². The molecule has 0 saturated carbocycles. The highest BCUT2D eigenvalue weighted by atomic mass is 16.5. The van der Waals surface area contributed by atoms with Crippen molar-refractivity contribution < 1.29 is 29.0 Å². The zero-order valence-corrected chi connectivity index (χ0v) is 20.3. The molecule has 1 aliphatic rings. The third-order valence-electron chi connectivity index (χ3n) is 6.08. The van der Waals surface area contributed by atoms with E-state index in [2.05, 4.69) is 34.9 Å². The predicted molar refractivity (Wildman–Crippen MR) is 132 cm³/mol. The Hall–Kier alpha value is -3.39. The van der Waals surface area contributed by atoms with Crippen LogP contribution in [0.4, 0.5) is 4.79 Å². The quantitative estimate of drug-likeness (QED) is 0.396. The van der Waals surface area contributed by atoms with Gasteiger partial charge in [0, 0.05) is 31.5 Å². The summed E-state index contributed by atoms with van der Waals surface area (Å²) in [5.41, 5.74) is 4.68. The number of fused-ring (bicyclic) bond motifs is 3. The summed E-state index contributed by atoms with van der Waals surface area (Å²) in [6.07, 6.45) is 0.293. The predicted octanol–water partition coefficient (Wildman–Crippen LogP) is 4.08. The van der Waals surface area contributed by atoms with Gasteiger partial charge >= 0.3 is 12.1 Å². The number of carboxylic acid groups (broad SMARTS) is 1. The molecule has 0 saturated heterocycles. The second-order valence-electron chi connectivity index (χ2n) is 8.74. The van der Waals surface area contributed by atoms with Crippen LogP contribution in [0.3, 0.4) is 0 Å². The van der Waals surface area contributed by atoms with Crippen LogP contribution in [0.15, 0.2) is 48.5 Å². The minimum Gasteiger partial charge on any atom is -0.481 e. The molecule has 2 unspecified atom stereocenters. The first kappa shape index (κ1) is 26.2. The van der Waals surface area contributed by atoms with Crippen molar-refractivity contribution in [3.63, 3.8) is 0 Å². The van der Waals surface area contributed by atoms with Crippen molar-refractivity contribution >= 4 is 18.0 Å². The highest BCUT2D eigenvalue weighted by molar-refractivity contribution is 5.79. The van der Waals surface area contributed by atoms with Crippen molar-refractivity contribution in [3.05, 3.63) is 59.7 Å². The van der Waals surface area contributed by atoms with Crippen LogP contribution >= 0.6 is 0 Å². The first-order valence-corrected chi connectivity index (χ1v) is 12.1. The fourth-order valence-corrected chi connectivity index (χ4v) is 4.42. The highest BCUT2D eigenvalue weighted by Crippen LogP contribution is 2.44. The Morgan fingerprint density at radius 3 is 2.26 bits per heavy atom. The molecule has 3 rings (SSSR count). The van der Waals surface area contributed by atoms with E-state index in [0.717, 1.165) is 11.1 Å². The van der Waals surface area contributed by atoms with E-state index >= 15 is 0 Å². The summed E-state index contributed by atoms with van der Waals surface area (Å²) in [5, 5.41) is 14.5. The summed E-state index contributed by atoms with van der Waals surface area (Å²) < 4.78 is 10.9. The van der Waals surface area contributed by atoms with Gasteiger partial charge in [0.1, 0.15) is 6.61 Å². The van der Waals surface area contributed by atoms with E-state index in [-0.39, 0.29) is 43.9 Å². The molecule has 0 spiro atoms. The van der Waals surface area contributed by atoms with E-state index < -0.39 is 18.2 Å². The van der Waals surface area contributed by atoms with Crippen LogP contribution in [-0.4, -0.2) is 55.0 Å². The van der Waals surface area contributed by atoms with Crippen molar-refractivity contribution in [1.29, 1.82) is 0 Å². The van der Waals surface area contributed by atoms with Gasteiger partial charge < -0.3 is 25.2 Å². The van der Waals surface area contributed by atoms with E-state index in [4.69, 9.17) is 14.6 Å². The third-order valence-corrected chi connectivity index (χ3v) is 6.08. The third kappa shape index (κ3) is 7.55. The molecule has 0 radical (unpaired) electrons. The molecule has 0 aromatic heterocycles. The SMILES string of the molecule is CCOC(CNC(=O)CCCC(C)NC(=O)OCC1c2ccccc2-c2ccccc21)CC(=O)O. The number of aliphatic carboxylic acids is 1. The minimum atomic E-state index is -0.967. The normalized spacial score (nSPS) is 13.9. The van der Waals surface area contributed by atoms with Gasteiger partial charge in [0.25, 0.3) is 0 Å². The molecule has 0 aliphatic heterocycles. The number of rotatable bonds is 13. The number of hydrogen-bond acceptors (Lipinski definition) is 5. The van der Waals surface area contributed by atoms with Gasteiger partial charge in [0.15, 0.2) is 0 Å². The lowest BCUT2D eigenvalue weighted by atomic mass is 9.98. The van der Waals surface area contributed by atoms with Gasteiger partial charge in [-0.15, -0.1) is 0 Å². The Kier molecular flexibility index (Phi) is 9.66. The lowest BCUT2D eigenvalue weighted by Gasteiger charge is -2.17. The number of benzene rings is 2. The van der Waals surface area contributed by atoms with Crippen LogP contribution in [0.2, 0.25) is 0 Å². The second-order valence-corrected chi connectivity index (χ2v) is 8.74. The number of carbonyl (C=O) groups excluding carboxylic acids is 2. The maximum absolute atomic E-state index is 12.4. The zero-order valence-electron chi connectivity index (χ0n) is 20.3. The van der Waals surface area contributed by atoms with Crippen LogP contribution in [0.5, 0.6) is 0 Å². The molecular formula is C27H34N2O6. The molecule has 1 aliphatic carbocycles. The van der Waals surface area contributed by atoms with Gasteiger partial charge in [-0.05, 0) is 48.9 Å². The largest absolute Gasteiger partial charge is 0.481 e.